The number of esters is 1. The van der Waals surface area contributed by atoms with E-state index in [1.54, 1.807) is 0 Å². The standard InChI is InChI=1S/C22H22ClNO2/c1-3-26-20(25)14-24-15(2)21(18-6-4-5-7-19(18)24)22(12-13-22)16-8-10-17(23)11-9-16/h4-11H,3,12-14H2,1-2H3. The zero-order valence-corrected chi connectivity index (χ0v) is 15.8. The van der Waals surface area contributed by atoms with E-state index in [0.717, 1.165) is 29.1 Å². The molecule has 1 saturated carbocycles. The van der Waals surface area contributed by atoms with E-state index >= 15 is 0 Å². The number of fused-ring (bicyclic) bond motifs is 1. The summed E-state index contributed by atoms with van der Waals surface area (Å²) in [5.41, 5.74) is 4.89. The lowest BCUT2D eigenvalue weighted by atomic mass is 9.86. The van der Waals surface area contributed by atoms with Crippen LogP contribution in [0.2, 0.25) is 5.02 Å². The van der Waals surface area contributed by atoms with E-state index in [4.69, 9.17) is 16.3 Å². The highest BCUT2D eigenvalue weighted by molar-refractivity contribution is 6.30. The fraction of sp³-hybridized carbons (Fsp3) is 0.318. The highest BCUT2D eigenvalue weighted by Crippen LogP contribution is 2.56. The lowest BCUT2D eigenvalue weighted by molar-refractivity contribution is -0.143. The molecule has 2 aromatic carbocycles. The van der Waals surface area contributed by atoms with Gasteiger partial charge in [0.05, 0.1) is 6.61 Å². The van der Waals surface area contributed by atoms with E-state index in [1.165, 1.54) is 16.5 Å². The van der Waals surface area contributed by atoms with Crippen LogP contribution < -0.4 is 0 Å². The summed E-state index contributed by atoms with van der Waals surface area (Å²) in [5.74, 6) is -0.195. The van der Waals surface area contributed by atoms with Gasteiger partial charge in [0.1, 0.15) is 6.54 Å². The van der Waals surface area contributed by atoms with Crippen molar-refractivity contribution >= 4 is 28.5 Å². The van der Waals surface area contributed by atoms with Crippen molar-refractivity contribution in [1.29, 1.82) is 0 Å². The van der Waals surface area contributed by atoms with Gasteiger partial charge in [-0.15, -0.1) is 0 Å². The van der Waals surface area contributed by atoms with Crippen LogP contribution in [0.15, 0.2) is 48.5 Å². The molecule has 0 unspecified atom stereocenters. The molecule has 0 radical (unpaired) electrons. The first-order chi connectivity index (χ1) is 12.6. The van der Waals surface area contributed by atoms with Gasteiger partial charge in [-0.05, 0) is 56.0 Å². The van der Waals surface area contributed by atoms with Crippen molar-refractivity contribution in [3.8, 4) is 0 Å². The van der Waals surface area contributed by atoms with Gasteiger partial charge in [-0.3, -0.25) is 4.79 Å². The first-order valence-electron chi connectivity index (χ1n) is 9.07. The van der Waals surface area contributed by atoms with Gasteiger partial charge in [0, 0.05) is 27.0 Å². The molecule has 1 aliphatic carbocycles. The van der Waals surface area contributed by atoms with Crippen LogP contribution in [0.4, 0.5) is 0 Å². The summed E-state index contributed by atoms with van der Waals surface area (Å²) in [6.45, 7) is 4.60. The molecule has 1 aliphatic rings. The van der Waals surface area contributed by atoms with Crippen LogP contribution in [0, 0.1) is 6.92 Å². The van der Waals surface area contributed by atoms with Crippen molar-refractivity contribution in [3.63, 3.8) is 0 Å². The second-order valence-electron chi connectivity index (χ2n) is 6.96. The largest absolute Gasteiger partial charge is 0.465 e. The first kappa shape index (κ1) is 17.2. The van der Waals surface area contributed by atoms with Crippen LogP contribution in [0.25, 0.3) is 10.9 Å². The minimum Gasteiger partial charge on any atom is -0.465 e. The van der Waals surface area contributed by atoms with Gasteiger partial charge < -0.3 is 9.30 Å². The number of aromatic nitrogens is 1. The quantitative estimate of drug-likeness (QED) is 0.577. The Labute approximate surface area is 158 Å². The molecular formula is C22H22ClNO2. The van der Waals surface area contributed by atoms with E-state index in [2.05, 4.69) is 41.8 Å². The Kier molecular flexibility index (Phi) is 4.28. The number of hydrogen-bond donors (Lipinski definition) is 0. The third kappa shape index (κ3) is 2.71. The highest BCUT2D eigenvalue weighted by Gasteiger charge is 2.48. The molecule has 0 saturated heterocycles. The van der Waals surface area contributed by atoms with Crippen LogP contribution in [-0.4, -0.2) is 17.1 Å². The normalized spacial score (nSPS) is 15.2. The van der Waals surface area contributed by atoms with E-state index in [1.807, 2.05) is 25.1 Å². The fourth-order valence-corrected chi connectivity index (χ4v) is 4.28. The number of carbonyl (C=O) groups excluding carboxylic acids is 1. The summed E-state index contributed by atoms with van der Waals surface area (Å²) in [4.78, 5) is 12.1. The van der Waals surface area contributed by atoms with Crippen LogP contribution in [-0.2, 0) is 21.5 Å². The van der Waals surface area contributed by atoms with Crippen molar-refractivity contribution in [2.24, 2.45) is 0 Å². The average molecular weight is 368 g/mol. The van der Waals surface area contributed by atoms with Crippen molar-refractivity contribution in [1.82, 2.24) is 4.57 Å². The van der Waals surface area contributed by atoms with Crippen LogP contribution in [0.3, 0.4) is 0 Å². The van der Waals surface area contributed by atoms with E-state index in [-0.39, 0.29) is 17.9 Å². The minimum atomic E-state index is -0.195. The van der Waals surface area contributed by atoms with Gasteiger partial charge in [0.25, 0.3) is 0 Å². The smallest absolute Gasteiger partial charge is 0.325 e. The first-order valence-corrected chi connectivity index (χ1v) is 9.44. The number of nitrogens with zero attached hydrogens (tertiary/aromatic N) is 1. The Morgan fingerprint density at radius 3 is 2.50 bits per heavy atom. The van der Waals surface area contributed by atoms with Crippen molar-refractivity contribution < 1.29 is 9.53 Å². The van der Waals surface area contributed by atoms with Crippen molar-refractivity contribution in [3.05, 3.63) is 70.4 Å². The Hall–Kier alpha value is -2.26. The number of para-hydroxylation sites is 1. The van der Waals surface area contributed by atoms with Crippen LogP contribution >= 0.6 is 11.6 Å². The fourth-order valence-electron chi connectivity index (χ4n) is 4.15. The summed E-state index contributed by atoms with van der Waals surface area (Å²) >= 11 is 6.09. The molecule has 3 aromatic rings. The second-order valence-corrected chi connectivity index (χ2v) is 7.39. The molecule has 0 bridgehead atoms. The van der Waals surface area contributed by atoms with Gasteiger partial charge >= 0.3 is 5.97 Å². The highest BCUT2D eigenvalue weighted by atomic mass is 35.5. The monoisotopic (exact) mass is 367 g/mol. The van der Waals surface area contributed by atoms with Gasteiger partial charge in [0.15, 0.2) is 0 Å². The maximum Gasteiger partial charge on any atom is 0.325 e. The van der Waals surface area contributed by atoms with Crippen LogP contribution in [0.1, 0.15) is 36.6 Å². The molecule has 4 rings (SSSR count). The average Bonchev–Trinajstić information content (AvgIpc) is 3.37. The molecule has 1 heterocycles. The molecule has 0 aliphatic heterocycles. The third-order valence-electron chi connectivity index (χ3n) is 5.45. The van der Waals surface area contributed by atoms with Gasteiger partial charge in [-0.1, -0.05) is 41.9 Å². The molecule has 0 amide bonds. The number of halogens is 1. The molecule has 134 valence electrons. The molecule has 4 heteroatoms. The second kappa shape index (κ2) is 6.48. The third-order valence-corrected chi connectivity index (χ3v) is 5.70. The Morgan fingerprint density at radius 2 is 1.85 bits per heavy atom. The van der Waals surface area contributed by atoms with Gasteiger partial charge in [-0.25, -0.2) is 0 Å². The maximum atomic E-state index is 12.1. The number of carbonyl (C=O) groups is 1. The van der Waals surface area contributed by atoms with Crippen LogP contribution in [0.5, 0.6) is 0 Å². The zero-order valence-electron chi connectivity index (χ0n) is 15.1. The molecule has 1 aromatic heterocycles. The Morgan fingerprint density at radius 1 is 1.15 bits per heavy atom. The predicted octanol–water partition coefficient (Wildman–Crippen LogP) is 5.25. The summed E-state index contributed by atoms with van der Waals surface area (Å²) in [5, 5.41) is 1.98. The van der Waals surface area contributed by atoms with Crippen molar-refractivity contribution in [2.45, 2.75) is 38.6 Å². The lowest BCUT2D eigenvalue weighted by Crippen LogP contribution is -2.16. The topological polar surface area (TPSA) is 31.2 Å². The number of ether oxygens (including phenoxy) is 1. The summed E-state index contributed by atoms with van der Waals surface area (Å²) in [6, 6.07) is 16.5. The van der Waals surface area contributed by atoms with Crippen molar-refractivity contribution in [2.75, 3.05) is 6.61 Å². The van der Waals surface area contributed by atoms with E-state index < -0.39 is 0 Å². The predicted molar refractivity (Wildman–Crippen MR) is 105 cm³/mol. The summed E-state index contributed by atoms with van der Waals surface area (Å²) in [6.07, 6.45) is 2.23. The number of rotatable bonds is 5. The molecule has 0 spiro atoms. The Balaban J connectivity index is 1.87. The number of hydrogen-bond acceptors (Lipinski definition) is 2. The van der Waals surface area contributed by atoms with E-state index in [0.29, 0.717) is 6.61 Å². The summed E-state index contributed by atoms with van der Waals surface area (Å²) < 4.78 is 7.28. The zero-order chi connectivity index (χ0) is 18.3. The Bertz CT molecular complexity index is 968. The van der Waals surface area contributed by atoms with E-state index in [9.17, 15) is 4.79 Å². The number of benzene rings is 2. The molecule has 26 heavy (non-hydrogen) atoms. The molecular weight excluding hydrogens is 346 g/mol. The van der Waals surface area contributed by atoms with Gasteiger partial charge in [-0.2, -0.15) is 0 Å². The minimum absolute atomic E-state index is 0.0220. The molecule has 3 nitrogen and oxygen atoms in total. The maximum absolute atomic E-state index is 12.1. The molecule has 0 atom stereocenters. The molecule has 1 fully saturated rings. The SMILES string of the molecule is CCOC(=O)Cn1c(C)c(C2(c3ccc(Cl)cc3)CC2)c2ccccc21. The molecule has 0 N–H and O–H groups in total. The summed E-state index contributed by atoms with van der Waals surface area (Å²) in [7, 11) is 0. The van der Waals surface area contributed by atoms with Gasteiger partial charge in [0.2, 0.25) is 0 Å². The lowest BCUT2D eigenvalue weighted by Gasteiger charge is -2.18.